The second kappa shape index (κ2) is 11.1. The van der Waals surface area contributed by atoms with Gasteiger partial charge in [0, 0.05) is 42.2 Å². The van der Waals surface area contributed by atoms with Crippen molar-refractivity contribution in [2.45, 2.75) is 88.7 Å². The number of benzene rings is 2. The van der Waals surface area contributed by atoms with E-state index in [0.717, 1.165) is 36.8 Å². The summed E-state index contributed by atoms with van der Waals surface area (Å²) in [6.07, 6.45) is 0.00541. The second-order valence-corrected chi connectivity index (χ2v) is 12.0. The van der Waals surface area contributed by atoms with Crippen LogP contribution in [0.2, 0.25) is 0 Å². The van der Waals surface area contributed by atoms with Crippen LogP contribution in [0.4, 0.5) is 18.0 Å². The van der Waals surface area contributed by atoms with Crippen LogP contribution in [-0.4, -0.2) is 58.6 Å². The van der Waals surface area contributed by atoms with Crippen molar-refractivity contribution in [3.05, 3.63) is 70.5 Å². The number of methoxy groups -OCH3 is 1. The number of halogens is 3. The predicted molar refractivity (Wildman–Crippen MR) is 149 cm³/mol. The van der Waals surface area contributed by atoms with Gasteiger partial charge in [0.05, 0.1) is 25.4 Å². The third kappa shape index (κ3) is 5.51. The molecule has 2 saturated heterocycles. The van der Waals surface area contributed by atoms with Crippen molar-refractivity contribution < 1.29 is 41.5 Å². The maximum atomic E-state index is 13.7. The van der Waals surface area contributed by atoms with E-state index in [0.29, 0.717) is 48.5 Å². The Balaban J connectivity index is 1.03. The van der Waals surface area contributed by atoms with Gasteiger partial charge in [-0.1, -0.05) is 23.4 Å². The van der Waals surface area contributed by atoms with Crippen molar-refractivity contribution in [1.29, 1.82) is 0 Å². The molecular formula is C32H32F3N3O6. The van der Waals surface area contributed by atoms with Crippen LogP contribution < -0.4 is 4.74 Å². The molecule has 2 bridgehead atoms. The molecule has 0 radical (unpaired) electrons. The maximum Gasteiger partial charge on any atom is 0.573 e. The van der Waals surface area contributed by atoms with Gasteiger partial charge in [0.15, 0.2) is 0 Å². The van der Waals surface area contributed by atoms with Crippen LogP contribution in [0.15, 0.2) is 47.0 Å². The molecular weight excluding hydrogens is 579 g/mol. The summed E-state index contributed by atoms with van der Waals surface area (Å²) < 4.78 is 60.6. The van der Waals surface area contributed by atoms with Crippen LogP contribution in [0.3, 0.4) is 0 Å². The molecule has 9 nitrogen and oxygen atoms in total. The molecule has 2 atom stereocenters. The molecule has 0 spiro atoms. The van der Waals surface area contributed by atoms with Crippen molar-refractivity contribution in [2.75, 3.05) is 7.11 Å². The Morgan fingerprint density at radius 3 is 2.43 bits per heavy atom. The van der Waals surface area contributed by atoms with Crippen molar-refractivity contribution >= 4 is 12.0 Å². The zero-order chi connectivity index (χ0) is 30.6. The van der Waals surface area contributed by atoms with E-state index in [-0.39, 0.29) is 48.1 Å². The summed E-state index contributed by atoms with van der Waals surface area (Å²) in [7, 11) is 1.35. The molecule has 1 aromatic heterocycles. The Kier molecular flexibility index (Phi) is 7.26. The van der Waals surface area contributed by atoms with Gasteiger partial charge in [-0.25, -0.2) is 9.59 Å². The van der Waals surface area contributed by atoms with Gasteiger partial charge >= 0.3 is 18.4 Å². The van der Waals surface area contributed by atoms with Crippen molar-refractivity contribution in [3.63, 3.8) is 0 Å². The summed E-state index contributed by atoms with van der Waals surface area (Å²) in [5, 5.41) is 4.17. The average Bonchev–Trinajstić information content (AvgIpc) is 3.51. The van der Waals surface area contributed by atoms with Crippen LogP contribution in [0.25, 0.3) is 11.3 Å². The third-order valence-corrected chi connectivity index (χ3v) is 9.13. The molecule has 7 rings (SSSR count). The van der Waals surface area contributed by atoms with E-state index in [1.54, 1.807) is 18.2 Å². The second-order valence-electron chi connectivity index (χ2n) is 12.0. The lowest BCUT2D eigenvalue weighted by Gasteiger charge is -2.40. The van der Waals surface area contributed by atoms with Crippen LogP contribution in [0.1, 0.15) is 77.3 Å². The topological polar surface area (TPSA) is 94.3 Å². The Hall–Kier alpha value is -4.06. The van der Waals surface area contributed by atoms with E-state index in [1.807, 2.05) is 15.9 Å². The fourth-order valence-corrected chi connectivity index (χ4v) is 6.93. The molecule has 4 aliphatic rings. The third-order valence-electron chi connectivity index (χ3n) is 9.13. The summed E-state index contributed by atoms with van der Waals surface area (Å²) in [5.41, 5.74) is 3.59. The number of nitrogens with zero attached hydrogens (tertiary/aromatic N) is 3. The van der Waals surface area contributed by atoms with Crippen LogP contribution in [0.5, 0.6) is 5.75 Å². The molecule has 3 fully saturated rings. The number of esters is 1. The van der Waals surface area contributed by atoms with Crippen LogP contribution in [0, 0.1) is 0 Å². The number of fused-ring (bicyclic) bond motifs is 3. The molecule has 0 N–H and O–H groups in total. The Bertz CT molecular complexity index is 1570. The van der Waals surface area contributed by atoms with Gasteiger partial charge in [-0.15, -0.1) is 13.2 Å². The number of para-hydroxylation sites is 1. The smallest absolute Gasteiger partial charge is 0.465 e. The molecule has 2 amide bonds. The highest BCUT2D eigenvalue weighted by molar-refractivity contribution is 5.89. The van der Waals surface area contributed by atoms with Gasteiger partial charge in [-0.3, -0.25) is 0 Å². The number of rotatable bonds is 7. The first-order valence-corrected chi connectivity index (χ1v) is 14.9. The van der Waals surface area contributed by atoms with E-state index in [2.05, 4.69) is 9.89 Å². The normalized spacial score (nSPS) is 22.7. The van der Waals surface area contributed by atoms with Crippen molar-refractivity contribution in [1.82, 2.24) is 15.0 Å². The van der Waals surface area contributed by atoms with Gasteiger partial charge < -0.3 is 28.5 Å². The highest BCUT2D eigenvalue weighted by Crippen LogP contribution is 2.46. The Morgan fingerprint density at radius 2 is 1.73 bits per heavy atom. The number of piperidine rings is 1. The first kappa shape index (κ1) is 28.7. The number of aromatic nitrogens is 1. The first-order valence-electron chi connectivity index (χ1n) is 14.9. The fourth-order valence-electron chi connectivity index (χ4n) is 6.93. The molecule has 2 unspecified atom stereocenters. The number of ether oxygens (including phenoxy) is 3. The number of hydrogen-bond acceptors (Lipinski definition) is 7. The van der Waals surface area contributed by atoms with Crippen molar-refractivity contribution in [2.24, 2.45) is 0 Å². The number of carbonyl (C=O) groups is 2. The fraction of sp³-hybridized carbons (Fsp3) is 0.469. The number of carbonyl (C=O) groups excluding carboxylic acids is 2. The van der Waals surface area contributed by atoms with Gasteiger partial charge in [0.1, 0.15) is 17.2 Å². The lowest BCUT2D eigenvalue weighted by Crippen LogP contribution is -2.52. The summed E-state index contributed by atoms with van der Waals surface area (Å²) in [5.74, 6) is 0.0855. The summed E-state index contributed by atoms with van der Waals surface area (Å²) in [6.45, 7) is 1.08. The van der Waals surface area contributed by atoms with E-state index in [9.17, 15) is 22.8 Å². The minimum absolute atomic E-state index is 0.00891. The molecule has 1 saturated carbocycles. The van der Waals surface area contributed by atoms with Gasteiger partial charge in [0.25, 0.3) is 0 Å². The van der Waals surface area contributed by atoms with Gasteiger partial charge in [-0.2, -0.15) is 0 Å². The molecule has 4 heterocycles. The quantitative estimate of drug-likeness (QED) is 0.280. The molecule has 44 heavy (non-hydrogen) atoms. The molecule has 3 aliphatic heterocycles. The summed E-state index contributed by atoms with van der Waals surface area (Å²) in [6, 6.07) is 11.4. The largest absolute Gasteiger partial charge is 0.573 e. The molecule has 232 valence electrons. The average molecular weight is 612 g/mol. The lowest BCUT2D eigenvalue weighted by molar-refractivity contribution is -0.274. The van der Waals surface area contributed by atoms with Crippen LogP contribution >= 0.6 is 0 Å². The van der Waals surface area contributed by atoms with E-state index in [1.165, 1.54) is 25.3 Å². The molecule has 12 heteroatoms. The minimum atomic E-state index is -4.84. The van der Waals surface area contributed by atoms with E-state index in [4.69, 9.17) is 14.0 Å². The SMILES string of the molecule is COC(=O)c1ccc2c(c1)CN(C(=O)N1C3CCC1CC(OCc1c(-c4ccccc4OC(F)(F)F)noc1C1CC1)C3)C2. The minimum Gasteiger partial charge on any atom is -0.465 e. The summed E-state index contributed by atoms with van der Waals surface area (Å²) in [4.78, 5) is 29.5. The van der Waals surface area contributed by atoms with Gasteiger partial charge in [0.2, 0.25) is 0 Å². The molecule has 1 aliphatic carbocycles. The predicted octanol–water partition coefficient (Wildman–Crippen LogP) is 6.55. The molecule has 3 aromatic rings. The number of hydrogen-bond donors (Lipinski definition) is 0. The van der Waals surface area contributed by atoms with Gasteiger partial charge in [-0.05, 0) is 73.9 Å². The highest BCUT2D eigenvalue weighted by atomic mass is 19.4. The first-order chi connectivity index (χ1) is 21.2. The van der Waals surface area contributed by atoms with E-state index >= 15 is 0 Å². The van der Waals surface area contributed by atoms with Crippen LogP contribution in [-0.2, 0) is 29.2 Å². The zero-order valence-electron chi connectivity index (χ0n) is 24.1. The Morgan fingerprint density at radius 1 is 1.00 bits per heavy atom. The van der Waals surface area contributed by atoms with Crippen molar-refractivity contribution in [3.8, 4) is 17.0 Å². The lowest BCUT2D eigenvalue weighted by atomic mass is 9.99. The number of amides is 2. The number of urea groups is 1. The maximum absolute atomic E-state index is 13.7. The molecule has 2 aromatic carbocycles. The standard InChI is InChI=1S/C32H32F3N3O6/c1-41-30(39)19-8-9-20-15-37(16-21(20)12-19)31(40)38-22-10-11-23(38)14-24(13-22)42-17-26-28(36-44-29(26)18-6-7-18)25-4-2-3-5-27(25)43-32(33,34)35/h2-5,8-9,12,18,22-24H,6-7,10-11,13-17H2,1H3. The Labute approximate surface area is 251 Å². The zero-order valence-corrected chi connectivity index (χ0v) is 24.1. The van der Waals surface area contributed by atoms with E-state index < -0.39 is 12.3 Å². The monoisotopic (exact) mass is 611 g/mol. The summed E-state index contributed by atoms with van der Waals surface area (Å²) >= 11 is 0. The number of alkyl halides is 3. The highest BCUT2D eigenvalue weighted by Gasteiger charge is 2.46.